The number of amides is 2. The SMILES string of the molecule is COc1cccc(C(=O)NNC(=O)[C@@H]2C[C@@H]2C)c1O. The van der Waals surface area contributed by atoms with Gasteiger partial charge in [-0.15, -0.1) is 0 Å². The van der Waals surface area contributed by atoms with E-state index in [1.54, 1.807) is 6.07 Å². The third-order valence-corrected chi connectivity index (χ3v) is 3.21. The second-order valence-corrected chi connectivity index (χ2v) is 4.62. The maximum atomic E-state index is 11.8. The van der Waals surface area contributed by atoms with Gasteiger partial charge in [0.1, 0.15) is 0 Å². The molecule has 2 amide bonds. The molecule has 2 atom stereocenters. The highest BCUT2D eigenvalue weighted by molar-refractivity contribution is 5.98. The topological polar surface area (TPSA) is 87.7 Å². The van der Waals surface area contributed by atoms with E-state index < -0.39 is 5.91 Å². The van der Waals surface area contributed by atoms with Crippen molar-refractivity contribution >= 4 is 11.8 Å². The van der Waals surface area contributed by atoms with Gasteiger partial charge in [-0.25, -0.2) is 0 Å². The molecule has 1 aliphatic rings. The Morgan fingerprint density at radius 3 is 2.63 bits per heavy atom. The van der Waals surface area contributed by atoms with Gasteiger partial charge >= 0.3 is 0 Å². The van der Waals surface area contributed by atoms with Gasteiger partial charge in [0.15, 0.2) is 11.5 Å². The Morgan fingerprint density at radius 1 is 1.37 bits per heavy atom. The fourth-order valence-corrected chi connectivity index (χ4v) is 1.84. The quantitative estimate of drug-likeness (QED) is 0.705. The molecular formula is C13H16N2O4. The molecule has 1 saturated carbocycles. The van der Waals surface area contributed by atoms with Crippen LogP contribution in [0, 0.1) is 11.8 Å². The van der Waals surface area contributed by atoms with E-state index >= 15 is 0 Å². The van der Waals surface area contributed by atoms with Crippen molar-refractivity contribution in [2.75, 3.05) is 7.11 Å². The second-order valence-electron chi connectivity index (χ2n) is 4.62. The van der Waals surface area contributed by atoms with Crippen LogP contribution in [-0.2, 0) is 4.79 Å². The molecule has 6 heteroatoms. The van der Waals surface area contributed by atoms with Gasteiger partial charge in [-0.05, 0) is 24.5 Å². The van der Waals surface area contributed by atoms with E-state index in [4.69, 9.17) is 4.74 Å². The van der Waals surface area contributed by atoms with Crippen molar-refractivity contribution in [1.29, 1.82) is 0 Å². The van der Waals surface area contributed by atoms with Crippen molar-refractivity contribution < 1.29 is 19.4 Å². The summed E-state index contributed by atoms with van der Waals surface area (Å²) in [6, 6.07) is 4.56. The van der Waals surface area contributed by atoms with Gasteiger partial charge in [-0.1, -0.05) is 13.0 Å². The second kappa shape index (κ2) is 5.17. The fourth-order valence-electron chi connectivity index (χ4n) is 1.84. The van der Waals surface area contributed by atoms with Gasteiger partial charge in [0.2, 0.25) is 5.91 Å². The van der Waals surface area contributed by atoms with Crippen LogP contribution >= 0.6 is 0 Å². The molecular weight excluding hydrogens is 248 g/mol. The number of hydrogen-bond donors (Lipinski definition) is 3. The number of rotatable bonds is 3. The minimum atomic E-state index is -0.585. The zero-order valence-corrected chi connectivity index (χ0v) is 10.8. The number of aromatic hydroxyl groups is 1. The smallest absolute Gasteiger partial charge is 0.273 e. The van der Waals surface area contributed by atoms with Crippen molar-refractivity contribution in [3.63, 3.8) is 0 Å². The largest absolute Gasteiger partial charge is 0.504 e. The first-order valence-electron chi connectivity index (χ1n) is 6.00. The number of ether oxygens (including phenoxy) is 1. The summed E-state index contributed by atoms with van der Waals surface area (Å²) in [6.45, 7) is 1.97. The zero-order valence-electron chi connectivity index (χ0n) is 10.8. The average Bonchev–Trinajstić information content (AvgIpc) is 3.13. The molecule has 0 aliphatic heterocycles. The summed E-state index contributed by atoms with van der Waals surface area (Å²) in [5.74, 6) is -0.506. The summed E-state index contributed by atoms with van der Waals surface area (Å²) in [4.78, 5) is 23.4. The predicted molar refractivity (Wildman–Crippen MR) is 67.5 cm³/mol. The number of benzene rings is 1. The van der Waals surface area contributed by atoms with E-state index in [-0.39, 0.29) is 28.9 Å². The molecule has 102 valence electrons. The van der Waals surface area contributed by atoms with Crippen LogP contribution in [0.25, 0.3) is 0 Å². The van der Waals surface area contributed by atoms with Crippen LogP contribution < -0.4 is 15.6 Å². The highest BCUT2D eigenvalue weighted by atomic mass is 16.5. The fraction of sp³-hybridized carbons (Fsp3) is 0.385. The summed E-state index contributed by atoms with van der Waals surface area (Å²) in [5, 5.41) is 9.79. The van der Waals surface area contributed by atoms with E-state index in [1.165, 1.54) is 19.2 Å². The molecule has 0 spiro atoms. The highest BCUT2D eigenvalue weighted by Crippen LogP contribution is 2.37. The Morgan fingerprint density at radius 2 is 2.05 bits per heavy atom. The first-order chi connectivity index (χ1) is 9.04. The number of phenolic OH excluding ortho intramolecular Hbond substituents is 1. The number of nitrogens with one attached hydrogen (secondary N) is 2. The van der Waals surface area contributed by atoms with Gasteiger partial charge in [0, 0.05) is 5.92 Å². The van der Waals surface area contributed by atoms with Crippen LogP contribution in [0.5, 0.6) is 11.5 Å². The van der Waals surface area contributed by atoms with Gasteiger partial charge in [0.05, 0.1) is 12.7 Å². The lowest BCUT2D eigenvalue weighted by molar-refractivity contribution is -0.123. The molecule has 1 aliphatic carbocycles. The molecule has 0 aromatic heterocycles. The molecule has 0 heterocycles. The number of phenols is 1. The Bertz CT molecular complexity index is 515. The lowest BCUT2D eigenvalue weighted by atomic mass is 10.2. The maximum Gasteiger partial charge on any atom is 0.273 e. The van der Waals surface area contributed by atoms with E-state index in [0.29, 0.717) is 5.92 Å². The molecule has 1 fully saturated rings. The van der Waals surface area contributed by atoms with E-state index in [2.05, 4.69) is 10.9 Å². The van der Waals surface area contributed by atoms with Crippen molar-refractivity contribution in [1.82, 2.24) is 10.9 Å². The van der Waals surface area contributed by atoms with Crippen LogP contribution in [0.2, 0.25) is 0 Å². The molecule has 2 rings (SSSR count). The number of hydrazine groups is 1. The predicted octanol–water partition coefficient (Wildman–Crippen LogP) is 0.818. The average molecular weight is 264 g/mol. The van der Waals surface area contributed by atoms with E-state index in [1.807, 2.05) is 6.92 Å². The van der Waals surface area contributed by atoms with Crippen LogP contribution in [0.15, 0.2) is 18.2 Å². The molecule has 1 aromatic carbocycles. The number of carbonyl (C=O) groups is 2. The first kappa shape index (κ1) is 13.2. The van der Waals surface area contributed by atoms with Gasteiger partial charge in [0.25, 0.3) is 5.91 Å². The summed E-state index contributed by atoms with van der Waals surface area (Å²) >= 11 is 0. The van der Waals surface area contributed by atoms with Crippen LogP contribution in [0.4, 0.5) is 0 Å². The van der Waals surface area contributed by atoms with Crippen LogP contribution in [0.1, 0.15) is 23.7 Å². The Labute approximate surface area is 110 Å². The summed E-state index contributed by atoms with van der Waals surface area (Å²) in [7, 11) is 1.40. The summed E-state index contributed by atoms with van der Waals surface area (Å²) in [6.07, 6.45) is 0.839. The van der Waals surface area contributed by atoms with Crippen molar-refractivity contribution in [2.24, 2.45) is 11.8 Å². The van der Waals surface area contributed by atoms with Crippen LogP contribution in [0.3, 0.4) is 0 Å². The lowest BCUT2D eigenvalue weighted by Gasteiger charge is -2.10. The molecule has 1 aromatic rings. The normalized spacial score (nSPS) is 20.5. The maximum absolute atomic E-state index is 11.8. The molecule has 0 saturated heterocycles. The molecule has 0 unspecified atom stereocenters. The standard InChI is InChI=1S/C13H16N2O4/c1-7-6-9(7)13(18)15-14-12(17)8-4-3-5-10(19-2)11(8)16/h3-5,7,9,16H,6H2,1-2H3,(H,14,17)(H,15,18)/t7-,9+/m0/s1. The third-order valence-electron chi connectivity index (χ3n) is 3.21. The van der Waals surface area contributed by atoms with Crippen LogP contribution in [-0.4, -0.2) is 24.0 Å². The molecule has 19 heavy (non-hydrogen) atoms. The third kappa shape index (κ3) is 2.78. The number of methoxy groups -OCH3 is 1. The van der Waals surface area contributed by atoms with Crippen molar-refractivity contribution in [3.8, 4) is 11.5 Å². The molecule has 6 nitrogen and oxygen atoms in total. The first-order valence-corrected chi connectivity index (χ1v) is 6.00. The highest BCUT2D eigenvalue weighted by Gasteiger charge is 2.39. The Kier molecular flexibility index (Phi) is 3.59. The summed E-state index contributed by atoms with van der Waals surface area (Å²) in [5.41, 5.74) is 4.67. The van der Waals surface area contributed by atoms with Crippen molar-refractivity contribution in [2.45, 2.75) is 13.3 Å². The van der Waals surface area contributed by atoms with Crippen molar-refractivity contribution in [3.05, 3.63) is 23.8 Å². The van der Waals surface area contributed by atoms with E-state index in [9.17, 15) is 14.7 Å². The lowest BCUT2D eigenvalue weighted by Crippen LogP contribution is -2.42. The molecule has 0 radical (unpaired) electrons. The molecule has 0 bridgehead atoms. The van der Waals surface area contributed by atoms with E-state index in [0.717, 1.165) is 6.42 Å². The van der Waals surface area contributed by atoms with Gasteiger partial charge in [-0.3, -0.25) is 20.4 Å². The minimum absolute atomic E-state index is 0.0285. The molecule has 3 N–H and O–H groups in total. The zero-order chi connectivity index (χ0) is 14.0. The van der Waals surface area contributed by atoms with Gasteiger partial charge in [-0.2, -0.15) is 0 Å². The minimum Gasteiger partial charge on any atom is -0.504 e. The number of para-hydroxylation sites is 1. The summed E-state index contributed by atoms with van der Waals surface area (Å²) < 4.78 is 4.91. The number of carbonyl (C=O) groups excluding carboxylic acids is 2. The Balaban J connectivity index is 1.98. The van der Waals surface area contributed by atoms with Gasteiger partial charge < -0.3 is 9.84 Å². The Hall–Kier alpha value is -2.24. The monoisotopic (exact) mass is 264 g/mol. The number of hydrogen-bond acceptors (Lipinski definition) is 4.